The minimum absolute atomic E-state index is 0.765. The maximum atomic E-state index is 6.39. The first kappa shape index (κ1) is 14.6. The lowest BCUT2D eigenvalue weighted by Crippen LogP contribution is -3.18. The molecule has 0 aromatic heterocycles. The molecule has 1 fully saturated rings. The molecule has 1 unspecified atom stereocenters. The monoisotopic (exact) mass is 280 g/mol. The first-order valence-corrected chi connectivity index (χ1v) is 7.57. The summed E-state index contributed by atoms with van der Waals surface area (Å²) < 4.78 is 0. The van der Waals surface area contributed by atoms with Gasteiger partial charge in [0.05, 0.1) is 38.3 Å². The van der Waals surface area contributed by atoms with Gasteiger partial charge in [-0.3, -0.25) is 0 Å². The number of benzene rings is 1. The average molecular weight is 281 g/mol. The van der Waals surface area contributed by atoms with E-state index in [-0.39, 0.29) is 0 Å². The predicted molar refractivity (Wildman–Crippen MR) is 81.7 cm³/mol. The zero-order valence-electron chi connectivity index (χ0n) is 12.0. The predicted octanol–water partition coefficient (Wildman–Crippen LogP) is 0.458. The number of piperidine rings is 1. The van der Waals surface area contributed by atoms with E-state index in [1.807, 2.05) is 18.2 Å². The van der Waals surface area contributed by atoms with Crippen LogP contribution >= 0.6 is 11.6 Å². The molecule has 0 amide bonds. The van der Waals surface area contributed by atoms with E-state index >= 15 is 0 Å². The van der Waals surface area contributed by atoms with Crippen LogP contribution in [0.2, 0.25) is 0 Å². The van der Waals surface area contributed by atoms with E-state index in [1.165, 1.54) is 31.5 Å². The highest BCUT2D eigenvalue weighted by Crippen LogP contribution is 2.08. The average Bonchev–Trinajstić information content (AvgIpc) is 2.40. The topological polar surface area (TPSA) is 8.88 Å². The lowest BCUT2D eigenvalue weighted by atomic mass is 10.0. The highest BCUT2D eigenvalue weighted by atomic mass is 35.5. The Bertz CT molecular complexity index is 408. The molecule has 1 aliphatic heterocycles. The molecule has 19 heavy (non-hydrogen) atoms. The van der Waals surface area contributed by atoms with Crippen molar-refractivity contribution in [1.82, 2.24) is 0 Å². The van der Waals surface area contributed by atoms with E-state index in [9.17, 15) is 0 Å². The highest BCUT2D eigenvalue weighted by Gasteiger charge is 2.26. The number of hydrogen-bond acceptors (Lipinski definition) is 0. The molecule has 0 radical (unpaired) electrons. The van der Waals surface area contributed by atoms with Crippen LogP contribution in [0.1, 0.15) is 18.4 Å². The largest absolute Gasteiger partial charge is 0.337 e. The molecule has 0 bridgehead atoms. The summed E-state index contributed by atoms with van der Waals surface area (Å²) in [5, 5.41) is 0.954. The maximum absolute atomic E-state index is 6.39. The smallest absolute Gasteiger partial charge is 0.114 e. The number of likely N-dealkylation sites (tertiary alicyclic amines) is 1. The molecule has 1 aromatic rings. The van der Waals surface area contributed by atoms with Crippen molar-refractivity contribution in [3.05, 3.63) is 40.9 Å². The fourth-order valence-electron chi connectivity index (χ4n) is 2.80. The lowest BCUT2D eigenvalue weighted by molar-refractivity contribution is -0.936. The molecule has 0 saturated carbocycles. The number of rotatable bonds is 4. The third kappa shape index (κ3) is 4.64. The number of nitrogens with one attached hydrogen (secondary N) is 2. The van der Waals surface area contributed by atoms with Crippen LogP contribution in [-0.2, 0) is 0 Å². The number of quaternary nitrogens is 2. The summed E-state index contributed by atoms with van der Waals surface area (Å²) in [6.45, 7) is 3.52. The van der Waals surface area contributed by atoms with Crippen LogP contribution in [-0.4, -0.2) is 39.8 Å². The van der Waals surface area contributed by atoms with Gasteiger partial charge in [-0.05, 0) is 11.6 Å². The van der Waals surface area contributed by atoms with Crippen molar-refractivity contribution in [2.75, 3.05) is 33.7 Å². The summed E-state index contributed by atoms with van der Waals surface area (Å²) >= 11 is 6.39. The van der Waals surface area contributed by atoms with Crippen LogP contribution in [0.25, 0.3) is 6.08 Å². The molecule has 1 aromatic carbocycles. The molecule has 1 heterocycles. The van der Waals surface area contributed by atoms with Gasteiger partial charge in [0.15, 0.2) is 0 Å². The molecular weight excluding hydrogens is 256 g/mol. The SMILES string of the molecule is C[NH+]1CCC([NH+](C)C/C(Cl)=C/c2ccccc2)CC1. The quantitative estimate of drug-likeness (QED) is 0.793. The summed E-state index contributed by atoms with van der Waals surface area (Å²) in [5.74, 6) is 0. The van der Waals surface area contributed by atoms with Gasteiger partial charge in [-0.15, -0.1) is 0 Å². The summed E-state index contributed by atoms with van der Waals surface area (Å²) in [4.78, 5) is 3.21. The van der Waals surface area contributed by atoms with Crippen molar-refractivity contribution in [3.63, 3.8) is 0 Å². The van der Waals surface area contributed by atoms with Crippen molar-refractivity contribution in [2.45, 2.75) is 18.9 Å². The maximum Gasteiger partial charge on any atom is 0.114 e. The molecular formula is C16H25ClN2+2. The lowest BCUT2D eigenvalue weighted by Gasteiger charge is -2.30. The fourth-order valence-corrected chi connectivity index (χ4v) is 3.13. The van der Waals surface area contributed by atoms with E-state index in [4.69, 9.17) is 11.6 Å². The van der Waals surface area contributed by atoms with Gasteiger partial charge in [0, 0.05) is 12.8 Å². The minimum atomic E-state index is 0.765. The van der Waals surface area contributed by atoms with Crippen molar-refractivity contribution >= 4 is 17.7 Å². The van der Waals surface area contributed by atoms with Crippen LogP contribution in [0.5, 0.6) is 0 Å². The molecule has 3 heteroatoms. The van der Waals surface area contributed by atoms with Crippen molar-refractivity contribution in [3.8, 4) is 0 Å². The van der Waals surface area contributed by atoms with Gasteiger partial charge in [-0.2, -0.15) is 0 Å². The van der Waals surface area contributed by atoms with E-state index < -0.39 is 0 Å². The third-order valence-electron chi connectivity index (χ3n) is 4.11. The molecule has 0 aliphatic carbocycles. The van der Waals surface area contributed by atoms with Gasteiger partial charge in [-0.1, -0.05) is 41.9 Å². The zero-order chi connectivity index (χ0) is 13.7. The number of halogens is 1. The number of hydrogen-bond donors (Lipinski definition) is 2. The Morgan fingerprint density at radius 2 is 1.95 bits per heavy atom. The highest BCUT2D eigenvalue weighted by molar-refractivity contribution is 6.31. The molecule has 1 atom stereocenters. The molecule has 2 nitrogen and oxygen atoms in total. The minimum Gasteiger partial charge on any atom is -0.337 e. The normalized spacial score (nSPS) is 26.2. The van der Waals surface area contributed by atoms with Crippen molar-refractivity contribution in [2.24, 2.45) is 0 Å². The Morgan fingerprint density at radius 1 is 1.32 bits per heavy atom. The van der Waals surface area contributed by atoms with Crippen molar-refractivity contribution < 1.29 is 9.80 Å². The molecule has 2 rings (SSSR count). The second kappa shape index (κ2) is 7.09. The van der Waals surface area contributed by atoms with Crippen molar-refractivity contribution in [1.29, 1.82) is 0 Å². The van der Waals surface area contributed by atoms with E-state index in [1.54, 1.807) is 9.80 Å². The Balaban J connectivity index is 1.88. The zero-order valence-corrected chi connectivity index (χ0v) is 12.7. The Hall–Kier alpha value is -0.830. The van der Waals surface area contributed by atoms with Crippen LogP contribution in [0.15, 0.2) is 35.4 Å². The summed E-state index contributed by atoms with van der Waals surface area (Å²) in [7, 11) is 4.56. The number of likely N-dealkylation sites (N-methyl/N-ethyl adjacent to an activating group) is 1. The summed E-state index contributed by atoms with van der Waals surface area (Å²) in [6, 6.07) is 11.1. The first-order chi connectivity index (χ1) is 9.15. The van der Waals surface area contributed by atoms with Crippen LogP contribution in [0.3, 0.4) is 0 Å². The van der Waals surface area contributed by atoms with Gasteiger partial charge in [0.25, 0.3) is 0 Å². The standard InChI is InChI=1S/C16H23ClN2/c1-18-10-8-16(9-11-18)19(2)13-15(17)12-14-6-4-3-5-7-14/h3-7,12,16H,8-11,13H2,1-2H3/p+2/b15-12-. The van der Waals surface area contributed by atoms with E-state index in [0.717, 1.165) is 17.6 Å². The summed E-state index contributed by atoms with van der Waals surface area (Å²) in [5.41, 5.74) is 1.19. The van der Waals surface area contributed by atoms with Gasteiger partial charge in [-0.25, -0.2) is 0 Å². The van der Waals surface area contributed by atoms with Gasteiger partial charge < -0.3 is 9.80 Å². The summed E-state index contributed by atoms with van der Waals surface area (Å²) in [6.07, 6.45) is 4.71. The second-order valence-corrected chi connectivity index (χ2v) is 6.24. The molecule has 0 spiro atoms. The Morgan fingerprint density at radius 3 is 2.58 bits per heavy atom. The van der Waals surface area contributed by atoms with E-state index in [0.29, 0.717) is 0 Å². The van der Waals surface area contributed by atoms with Gasteiger partial charge in [0.2, 0.25) is 0 Å². The molecule has 2 N–H and O–H groups in total. The Labute approximate surface area is 121 Å². The third-order valence-corrected chi connectivity index (χ3v) is 4.35. The Kier molecular flexibility index (Phi) is 5.44. The van der Waals surface area contributed by atoms with E-state index in [2.05, 4.69) is 32.3 Å². The first-order valence-electron chi connectivity index (χ1n) is 7.20. The van der Waals surface area contributed by atoms with Crippen LogP contribution in [0.4, 0.5) is 0 Å². The second-order valence-electron chi connectivity index (χ2n) is 5.76. The van der Waals surface area contributed by atoms with Gasteiger partial charge >= 0.3 is 0 Å². The fraction of sp³-hybridized carbons (Fsp3) is 0.500. The molecule has 1 aliphatic rings. The van der Waals surface area contributed by atoms with Crippen LogP contribution in [0, 0.1) is 0 Å². The van der Waals surface area contributed by atoms with Crippen LogP contribution < -0.4 is 9.80 Å². The molecule has 1 saturated heterocycles. The molecule has 104 valence electrons. The van der Waals surface area contributed by atoms with Gasteiger partial charge in [0.1, 0.15) is 6.54 Å².